The summed E-state index contributed by atoms with van der Waals surface area (Å²) in [6.07, 6.45) is 0. The van der Waals surface area contributed by atoms with E-state index < -0.39 is 15.8 Å². The van der Waals surface area contributed by atoms with Crippen LogP contribution in [0.5, 0.6) is 0 Å². The fraction of sp³-hybridized carbons (Fsp3) is 0.235. The van der Waals surface area contributed by atoms with Crippen LogP contribution in [0.2, 0.25) is 0 Å². The Labute approximate surface area is 139 Å². The summed E-state index contributed by atoms with van der Waals surface area (Å²) in [7, 11) is -2.00. The maximum Gasteiger partial charge on any atom is 0.419 e. The molecule has 1 aromatic heterocycles. The number of rotatable bonds is 4. The van der Waals surface area contributed by atoms with E-state index in [1.165, 1.54) is 4.57 Å². The second-order valence-corrected chi connectivity index (χ2v) is 7.56. The molecule has 0 unspecified atom stereocenters. The zero-order valence-electron chi connectivity index (χ0n) is 13.7. The van der Waals surface area contributed by atoms with E-state index in [1.54, 1.807) is 44.3 Å². The highest BCUT2D eigenvalue weighted by Gasteiger charge is 2.17. The van der Waals surface area contributed by atoms with Gasteiger partial charge >= 0.3 is 5.76 Å². The highest BCUT2D eigenvalue weighted by atomic mass is 32.2. The maximum absolute atomic E-state index is 12.5. The van der Waals surface area contributed by atoms with Crippen molar-refractivity contribution in [2.45, 2.75) is 25.3 Å². The van der Waals surface area contributed by atoms with E-state index in [1.807, 2.05) is 13.0 Å². The second kappa shape index (κ2) is 5.92. The minimum atomic E-state index is -3.61. The van der Waals surface area contributed by atoms with E-state index >= 15 is 0 Å². The summed E-state index contributed by atoms with van der Waals surface area (Å²) in [5.74, 6) is -0.446. The molecule has 1 heterocycles. The van der Waals surface area contributed by atoms with Crippen LogP contribution in [0.4, 0.5) is 0 Å². The van der Waals surface area contributed by atoms with Gasteiger partial charge in [-0.05, 0) is 48.7 Å². The van der Waals surface area contributed by atoms with Crippen molar-refractivity contribution in [3.05, 3.63) is 63.6 Å². The fourth-order valence-electron chi connectivity index (χ4n) is 2.54. The quantitative estimate of drug-likeness (QED) is 0.785. The van der Waals surface area contributed by atoms with Gasteiger partial charge in [-0.15, -0.1) is 0 Å². The van der Waals surface area contributed by atoms with Gasteiger partial charge in [-0.25, -0.2) is 17.9 Å². The van der Waals surface area contributed by atoms with Crippen molar-refractivity contribution in [1.29, 1.82) is 0 Å². The summed E-state index contributed by atoms with van der Waals surface area (Å²) in [6.45, 7) is 3.75. The minimum absolute atomic E-state index is 0.130. The maximum atomic E-state index is 12.5. The molecule has 0 spiro atoms. The van der Waals surface area contributed by atoms with Crippen LogP contribution in [-0.2, 0) is 23.6 Å². The Morgan fingerprint density at radius 3 is 2.62 bits per heavy atom. The molecule has 3 aromatic rings. The predicted octanol–water partition coefficient (Wildman–Crippen LogP) is 2.23. The van der Waals surface area contributed by atoms with E-state index in [9.17, 15) is 13.2 Å². The highest BCUT2D eigenvalue weighted by Crippen LogP contribution is 2.18. The molecule has 0 aliphatic rings. The summed E-state index contributed by atoms with van der Waals surface area (Å²) in [5.41, 5.74) is 3.43. The van der Waals surface area contributed by atoms with Gasteiger partial charge in [-0.3, -0.25) is 4.57 Å². The monoisotopic (exact) mass is 346 g/mol. The van der Waals surface area contributed by atoms with Crippen molar-refractivity contribution in [3.8, 4) is 0 Å². The molecule has 0 amide bonds. The Hall–Kier alpha value is -2.38. The lowest BCUT2D eigenvalue weighted by molar-refractivity contribution is 0.528. The molecule has 126 valence electrons. The Morgan fingerprint density at radius 1 is 1.12 bits per heavy atom. The molecule has 0 aliphatic carbocycles. The minimum Gasteiger partial charge on any atom is -0.408 e. The number of aromatic nitrogens is 1. The lowest BCUT2D eigenvalue weighted by Crippen LogP contribution is -2.24. The zero-order valence-corrected chi connectivity index (χ0v) is 14.5. The van der Waals surface area contributed by atoms with Crippen molar-refractivity contribution < 1.29 is 12.8 Å². The van der Waals surface area contributed by atoms with Crippen LogP contribution in [-0.4, -0.2) is 13.0 Å². The second-order valence-electron chi connectivity index (χ2n) is 5.82. The normalized spacial score (nSPS) is 12.0. The lowest BCUT2D eigenvalue weighted by atomic mass is 10.2. The SMILES string of the molecule is Cc1ccc(C)c(S(=O)(=O)NCc2ccc3oc(=O)n(C)c3c2)c1. The van der Waals surface area contributed by atoms with Crippen LogP contribution in [0.1, 0.15) is 16.7 Å². The summed E-state index contributed by atoms with van der Waals surface area (Å²) in [5, 5.41) is 0. The molecular formula is C17H18N2O4S. The molecule has 2 aromatic carbocycles. The Bertz CT molecular complexity index is 1080. The number of hydrogen-bond acceptors (Lipinski definition) is 4. The summed E-state index contributed by atoms with van der Waals surface area (Å²) >= 11 is 0. The number of benzene rings is 2. The van der Waals surface area contributed by atoms with Gasteiger partial charge in [0.2, 0.25) is 10.0 Å². The molecule has 0 fully saturated rings. The first-order valence-corrected chi connectivity index (χ1v) is 8.91. The average Bonchev–Trinajstić information content (AvgIpc) is 2.82. The average molecular weight is 346 g/mol. The number of fused-ring (bicyclic) bond motifs is 1. The predicted molar refractivity (Wildman–Crippen MR) is 91.4 cm³/mol. The van der Waals surface area contributed by atoms with Crippen LogP contribution >= 0.6 is 0 Å². The smallest absolute Gasteiger partial charge is 0.408 e. The number of nitrogens with zero attached hydrogens (tertiary/aromatic N) is 1. The van der Waals surface area contributed by atoms with Gasteiger partial charge in [-0.2, -0.15) is 0 Å². The van der Waals surface area contributed by atoms with Gasteiger partial charge in [0.25, 0.3) is 0 Å². The topological polar surface area (TPSA) is 81.3 Å². The first kappa shape index (κ1) is 16.5. The first-order valence-electron chi connectivity index (χ1n) is 7.43. The van der Waals surface area contributed by atoms with Crippen LogP contribution < -0.4 is 10.5 Å². The zero-order chi connectivity index (χ0) is 17.5. The van der Waals surface area contributed by atoms with Gasteiger partial charge < -0.3 is 4.42 Å². The number of nitrogens with one attached hydrogen (secondary N) is 1. The lowest BCUT2D eigenvalue weighted by Gasteiger charge is -2.10. The molecule has 6 nitrogen and oxygen atoms in total. The highest BCUT2D eigenvalue weighted by molar-refractivity contribution is 7.89. The van der Waals surface area contributed by atoms with E-state index in [4.69, 9.17) is 4.42 Å². The van der Waals surface area contributed by atoms with Crippen LogP contribution in [0.25, 0.3) is 11.1 Å². The van der Waals surface area contributed by atoms with Crippen molar-refractivity contribution in [2.24, 2.45) is 7.05 Å². The number of oxazole rings is 1. The Balaban J connectivity index is 1.88. The van der Waals surface area contributed by atoms with E-state index in [0.29, 0.717) is 16.7 Å². The van der Waals surface area contributed by atoms with Gasteiger partial charge in [0.05, 0.1) is 10.4 Å². The number of aryl methyl sites for hydroxylation is 3. The molecule has 0 saturated heterocycles. The molecule has 1 N–H and O–H groups in total. The Kier molecular flexibility index (Phi) is 4.06. The van der Waals surface area contributed by atoms with Gasteiger partial charge in [0.1, 0.15) is 0 Å². The third-order valence-electron chi connectivity index (χ3n) is 3.96. The standard InChI is InChI=1S/C17H18N2O4S/c1-11-4-5-12(2)16(8-11)24(21,22)18-10-13-6-7-15-14(9-13)19(3)17(20)23-15/h4-9,18H,10H2,1-3H3. The molecule has 0 bridgehead atoms. The van der Waals surface area contributed by atoms with Crippen LogP contribution in [0.15, 0.2) is 50.5 Å². The fourth-order valence-corrected chi connectivity index (χ4v) is 3.88. The molecule has 3 rings (SSSR count). The number of sulfonamides is 1. The third-order valence-corrected chi connectivity index (χ3v) is 5.50. The van der Waals surface area contributed by atoms with Crippen LogP contribution in [0, 0.1) is 13.8 Å². The summed E-state index contributed by atoms with van der Waals surface area (Å²) in [4.78, 5) is 11.8. The van der Waals surface area contributed by atoms with Crippen molar-refractivity contribution in [2.75, 3.05) is 0 Å². The van der Waals surface area contributed by atoms with E-state index in [0.717, 1.165) is 11.1 Å². The summed E-state index contributed by atoms with van der Waals surface area (Å²) < 4.78 is 34.1. The third kappa shape index (κ3) is 3.00. The molecule has 24 heavy (non-hydrogen) atoms. The van der Waals surface area contributed by atoms with Gasteiger partial charge in [0.15, 0.2) is 5.58 Å². The van der Waals surface area contributed by atoms with Crippen molar-refractivity contribution >= 4 is 21.1 Å². The molecule has 0 saturated carbocycles. The number of hydrogen-bond donors (Lipinski definition) is 1. The molecule has 0 aliphatic heterocycles. The first-order chi connectivity index (χ1) is 11.3. The largest absolute Gasteiger partial charge is 0.419 e. The molecule has 7 heteroatoms. The van der Waals surface area contributed by atoms with Crippen LogP contribution in [0.3, 0.4) is 0 Å². The molecular weight excluding hydrogens is 328 g/mol. The van der Waals surface area contributed by atoms with Gasteiger partial charge in [-0.1, -0.05) is 18.2 Å². The van der Waals surface area contributed by atoms with E-state index in [-0.39, 0.29) is 11.4 Å². The Morgan fingerprint density at radius 2 is 1.88 bits per heavy atom. The van der Waals surface area contributed by atoms with Crippen molar-refractivity contribution in [3.63, 3.8) is 0 Å². The summed E-state index contributed by atoms with van der Waals surface area (Å²) in [6, 6.07) is 10.5. The molecule has 0 atom stereocenters. The molecule has 0 radical (unpaired) electrons. The van der Waals surface area contributed by atoms with Crippen molar-refractivity contribution in [1.82, 2.24) is 9.29 Å². The van der Waals surface area contributed by atoms with Gasteiger partial charge in [0, 0.05) is 13.6 Å². The van der Waals surface area contributed by atoms with E-state index in [2.05, 4.69) is 4.72 Å².